The van der Waals surface area contributed by atoms with Crippen LogP contribution >= 0.6 is 0 Å². The van der Waals surface area contributed by atoms with Gasteiger partial charge < -0.3 is 10.1 Å². The number of ether oxygens (including phenoxy) is 1. The van der Waals surface area contributed by atoms with E-state index in [1.165, 1.54) is 0 Å². The minimum absolute atomic E-state index is 0.177. The quantitative estimate of drug-likeness (QED) is 0.816. The van der Waals surface area contributed by atoms with E-state index >= 15 is 0 Å². The Hall–Kier alpha value is -2.80. The summed E-state index contributed by atoms with van der Waals surface area (Å²) in [5.74, 6) is 6.17. The Bertz CT molecular complexity index is 716. The molecule has 1 fully saturated rings. The first kappa shape index (κ1) is 13.2. The highest BCUT2D eigenvalue weighted by Gasteiger charge is 2.31. The largest absolute Gasteiger partial charge is 0.444 e. The summed E-state index contributed by atoms with van der Waals surface area (Å²) in [6, 6.07) is 11.5. The first-order valence-corrected chi connectivity index (χ1v) is 6.71. The second-order valence-electron chi connectivity index (χ2n) is 4.86. The van der Waals surface area contributed by atoms with Crippen LogP contribution in [-0.2, 0) is 4.74 Å². The van der Waals surface area contributed by atoms with Gasteiger partial charge in [-0.05, 0) is 30.7 Å². The van der Waals surface area contributed by atoms with Crippen LogP contribution in [0.15, 0.2) is 48.8 Å². The van der Waals surface area contributed by atoms with Crippen molar-refractivity contribution in [3.63, 3.8) is 0 Å². The fourth-order valence-corrected chi connectivity index (χ4v) is 2.23. The zero-order valence-electron chi connectivity index (χ0n) is 11.5. The van der Waals surface area contributed by atoms with Gasteiger partial charge in [-0.1, -0.05) is 30.0 Å². The molecule has 2 atom stereocenters. The highest BCUT2D eigenvalue weighted by Crippen LogP contribution is 2.24. The molecule has 1 N–H and O–H groups in total. The lowest BCUT2D eigenvalue weighted by Gasteiger charge is -2.12. The van der Waals surface area contributed by atoms with Crippen LogP contribution in [0.1, 0.15) is 29.7 Å². The van der Waals surface area contributed by atoms with E-state index in [-0.39, 0.29) is 12.1 Å². The molecule has 0 saturated carbocycles. The van der Waals surface area contributed by atoms with Crippen molar-refractivity contribution in [2.45, 2.75) is 19.1 Å². The van der Waals surface area contributed by atoms with Crippen LogP contribution in [0.25, 0.3) is 0 Å². The van der Waals surface area contributed by atoms with E-state index in [0.717, 1.165) is 16.7 Å². The number of rotatable bonds is 1. The van der Waals surface area contributed by atoms with E-state index in [9.17, 15) is 4.79 Å². The molecule has 1 aliphatic rings. The highest BCUT2D eigenvalue weighted by molar-refractivity contribution is 5.70. The number of hydrogen-bond acceptors (Lipinski definition) is 3. The lowest BCUT2D eigenvalue weighted by molar-refractivity contribution is 0.141. The van der Waals surface area contributed by atoms with Gasteiger partial charge in [0.2, 0.25) is 0 Å². The normalized spacial score (nSPS) is 20.1. The molecule has 2 aromatic rings. The van der Waals surface area contributed by atoms with Gasteiger partial charge in [-0.2, -0.15) is 0 Å². The Kier molecular flexibility index (Phi) is 3.57. The second-order valence-corrected chi connectivity index (χ2v) is 4.86. The Morgan fingerprint density at radius 1 is 1.14 bits per heavy atom. The number of pyridine rings is 1. The fraction of sp³-hybridized carbons (Fsp3) is 0.176. The van der Waals surface area contributed by atoms with Crippen molar-refractivity contribution in [2.75, 3.05) is 0 Å². The lowest BCUT2D eigenvalue weighted by atomic mass is 10.0. The monoisotopic (exact) mass is 278 g/mol. The first-order chi connectivity index (χ1) is 10.2. The summed E-state index contributed by atoms with van der Waals surface area (Å²) >= 11 is 0. The number of benzene rings is 1. The van der Waals surface area contributed by atoms with Gasteiger partial charge in [0.05, 0.1) is 6.04 Å². The smallest absolute Gasteiger partial charge is 0.408 e. The van der Waals surface area contributed by atoms with Crippen LogP contribution in [-0.4, -0.2) is 17.2 Å². The zero-order chi connectivity index (χ0) is 14.7. The SMILES string of the molecule is CC1OC(=O)NC1c1cncc(C#Cc2ccccc2)c1. The third-order valence-electron chi connectivity index (χ3n) is 3.28. The molecule has 1 aliphatic heterocycles. The predicted molar refractivity (Wildman–Crippen MR) is 78.5 cm³/mol. The Balaban J connectivity index is 1.84. The van der Waals surface area contributed by atoms with Crippen LogP contribution < -0.4 is 5.32 Å². The van der Waals surface area contributed by atoms with Crippen molar-refractivity contribution in [1.82, 2.24) is 10.3 Å². The van der Waals surface area contributed by atoms with Gasteiger partial charge in [0, 0.05) is 23.5 Å². The summed E-state index contributed by atoms with van der Waals surface area (Å²) in [5, 5.41) is 2.77. The second kappa shape index (κ2) is 5.68. The summed E-state index contributed by atoms with van der Waals surface area (Å²) < 4.78 is 5.08. The number of carbonyl (C=O) groups excluding carboxylic acids is 1. The van der Waals surface area contributed by atoms with E-state index in [1.54, 1.807) is 12.4 Å². The van der Waals surface area contributed by atoms with Gasteiger partial charge in [-0.25, -0.2) is 4.79 Å². The summed E-state index contributed by atoms with van der Waals surface area (Å²) in [6.45, 7) is 1.85. The molecule has 21 heavy (non-hydrogen) atoms. The maximum Gasteiger partial charge on any atom is 0.408 e. The molecule has 3 rings (SSSR count). The first-order valence-electron chi connectivity index (χ1n) is 6.71. The summed E-state index contributed by atoms with van der Waals surface area (Å²) in [6.07, 6.45) is 2.83. The molecule has 1 aromatic carbocycles. The molecule has 0 aliphatic carbocycles. The van der Waals surface area contributed by atoms with Crippen LogP contribution in [0.2, 0.25) is 0 Å². The molecule has 1 aromatic heterocycles. The van der Waals surface area contributed by atoms with Crippen LogP contribution in [0, 0.1) is 11.8 Å². The Morgan fingerprint density at radius 2 is 1.90 bits per heavy atom. The van der Waals surface area contributed by atoms with Crippen molar-refractivity contribution >= 4 is 6.09 Å². The maximum atomic E-state index is 11.3. The average molecular weight is 278 g/mol. The van der Waals surface area contributed by atoms with Crippen molar-refractivity contribution < 1.29 is 9.53 Å². The number of carbonyl (C=O) groups is 1. The van der Waals surface area contributed by atoms with E-state index in [1.807, 2.05) is 43.3 Å². The van der Waals surface area contributed by atoms with Gasteiger partial charge in [-0.3, -0.25) is 4.98 Å². The molecule has 0 bridgehead atoms. The van der Waals surface area contributed by atoms with E-state index in [2.05, 4.69) is 22.1 Å². The highest BCUT2D eigenvalue weighted by atomic mass is 16.6. The summed E-state index contributed by atoms with van der Waals surface area (Å²) in [7, 11) is 0. The molecule has 2 heterocycles. The van der Waals surface area contributed by atoms with Crippen molar-refractivity contribution in [2.24, 2.45) is 0 Å². The number of hydrogen-bond donors (Lipinski definition) is 1. The molecule has 1 saturated heterocycles. The van der Waals surface area contributed by atoms with Gasteiger partial charge in [0.15, 0.2) is 0 Å². The molecule has 0 radical (unpaired) electrons. The minimum Gasteiger partial charge on any atom is -0.444 e. The summed E-state index contributed by atoms with van der Waals surface area (Å²) in [4.78, 5) is 15.4. The van der Waals surface area contributed by atoms with Crippen molar-refractivity contribution in [1.29, 1.82) is 0 Å². The molecule has 1 amide bonds. The predicted octanol–water partition coefficient (Wildman–Crippen LogP) is 2.65. The Labute approximate surface area is 123 Å². The molecule has 4 heteroatoms. The van der Waals surface area contributed by atoms with Crippen molar-refractivity contribution in [3.05, 3.63) is 65.5 Å². The number of nitrogens with one attached hydrogen (secondary N) is 1. The number of amides is 1. The standard InChI is InChI=1S/C17H14N2O2/c1-12-16(19-17(20)21-12)15-9-14(10-18-11-15)8-7-13-5-3-2-4-6-13/h2-6,9-12,16H,1H3,(H,19,20). The number of aromatic nitrogens is 1. The van der Waals surface area contributed by atoms with E-state index in [0.29, 0.717) is 0 Å². The number of alkyl carbamates (subject to hydrolysis) is 1. The lowest BCUT2D eigenvalue weighted by Crippen LogP contribution is -2.21. The van der Waals surface area contributed by atoms with Gasteiger partial charge in [0.1, 0.15) is 6.10 Å². The molecular weight excluding hydrogens is 264 g/mol. The van der Waals surface area contributed by atoms with E-state index in [4.69, 9.17) is 4.74 Å². The molecule has 0 spiro atoms. The van der Waals surface area contributed by atoms with Crippen LogP contribution in [0.5, 0.6) is 0 Å². The van der Waals surface area contributed by atoms with E-state index < -0.39 is 6.09 Å². The fourth-order valence-electron chi connectivity index (χ4n) is 2.23. The minimum atomic E-state index is -0.395. The third kappa shape index (κ3) is 3.03. The molecule has 104 valence electrons. The topological polar surface area (TPSA) is 51.2 Å². The van der Waals surface area contributed by atoms with Gasteiger partial charge >= 0.3 is 6.09 Å². The maximum absolute atomic E-state index is 11.3. The summed E-state index contributed by atoms with van der Waals surface area (Å²) in [5.41, 5.74) is 2.66. The molecule has 2 unspecified atom stereocenters. The van der Waals surface area contributed by atoms with Gasteiger partial charge in [0.25, 0.3) is 0 Å². The van der Waals surface area contributed by atoms with Crippen LogP contribution in [0.3, 0.4) is 0 Å². The Morgan fingerprint density at radius 3 is 2.62 bits per heavy atom. The van der Waals surface area contributed by atoms with Crippen LogP contribution in [0.4, 0.5) is 4.79 Å². The molecule has 4 nitrogen and oxygen atoms in total. The van der Waals surface area contributed by atoms with Gasteiger partial charge in [-0.15, -0.1) is 0 Å². The number of cyclic esters (lactones) is 1. The zero-order valence-corrected chi connectivity index (χ0v) is 11.5. The van der Waals surface area contributed by atoms with Crippen molar-refractivity contribution in [3.8, 4) is 11.8 Å². The molecular formula is C17H14N2O2. The number of nitrogens with zero attached hydrogens (tertiary/aromatic N) is 1. The average Bonchev–Trinajstić information content (AvgIpc) is 2.85. The third-order valence-corrected chi connectivity index (χ3v) is 3.28.